The summed E-state index contributed by atoms with van der Waals surface area (Å²) in [6, 6.07) is 1.09. The maximum absolute atomic E-state index is 11.8. The van der Waals surface area contributed by atoms with Crippen molar-refractivity contribution in [2.75, 3.05) is 0 Å². The highest BCUT2D eigenvalue weighted by Gasteiger charge is 2.28. The molecule has 0 aliphatic heterocycles. The second-order valence-corrected chi connectivity index (χ2v) is 6.42. The topological polar surface area (TPSA) is 112 Å². The van der Waals surface area contributed by atoms with Crippen LogP contribution < -0.4 is 0 Å². The highest BCUT2D eigenvalue weighted by molar-refractivity contribution is 6.03. The zero-order valence-electron chi connectivity index (χ0n) is 13.7. The molecule has 6 nitrogen and oxygen atoms in total. The van der Waals surface area contributed by atoms with Crippen molar-refractivity contribution >= 4 is 17.9 Å². The smallest absolute Gasteiger partial charge is 0.336 e. The molecule has 0 saturated heterocycles. The van der Waals surface area contributed by atoms with Crippen LogP contribution in [0.2, 0.25) is 0 Å². The zero-order chi connectivity index (χ0) is 17.9. The van der Waals surface area contributed by atoms with E-state index in [2.05, 4.69) is 0 Å². The van der Waals surface area contributed by atoms with Crippen molar-refractivity contribution in [3.63, 3.8) is 0 Å². The second-order valence-electron chi connectivity index (χ2n) is 6.42. The van der Waals surface area contributed by atoms with Gasteiger partial charge in [-0.2, -0.15) is 0 Å². The third kappa shape index (κ3) is 4.31. The summed E-state index contributed by atoms with van der Waals surface area (Å²) in [4.78, 5) is 34.8. The fourth-order valence-electron chi connectivity index (χ4n) is 2.65. The van der Waals surface area contributed by atoms with Crippen LogP contribution in [-0.2, 0) is 12.8 Å². The average Bonchev–Trinajstić information content (AvgIpc) is 2.35. The van der Waals surface area contributed by atoms with Gasteiger partial charge in [0.05, 0.1) is 16.7 Å². The van der Waals surface area contributed by atoms with Crippen molar-refractivity contribution in [2.24, 2.45) is 11.8 Å². The summed E-state index contributed by atoms with van der Waals surface area (Å²) < 4.78 is 0. The van der Waals surface area contributed by atoms with E-state index < -0.39 is 17.9 Å². The lowest BCUT2D eigenvalue weighted by atomic mass is 9.84. The summed E-state index contributed by atoms with van der Waals surface area (Å²) in [6.45, 7) is 7.41. The van der Waals surface area contributed by atoms with E-state index in [1.165, 1.54) is 0 Å². The van der Waals surface area contributed by atoms with Gasteiger partial charge in [-0.05, 0) is 41.9 Å². The Balaban J connectivity index is 3.87. The van der Waals surface area contributed by atoms with Crippen molar-refractivity contribution in [2.45, 2.75) is 40.5 Å². The molecule has 1 rings (SSSR count). The van der Waals surface area contributed by atoms with Crippen LogP contribution in [0.5, 0.6) is 0 Å². The molecule has 0 aliphatic rings. The first-order chi connectivity index (χ1) is 10.6. The van der Waals surface area contributed by atoms with Crippen molar-refractivity contribution in [1.82, 2.24) is 0 Å². The second kappa shape index (κ2) is 7.26. The molecule has 0 atom stereocenters. The van der Waals surface area contributed by atoms with Gasteiger partial charge in [0, 0.05) is 0 Å². The van der Waals surface area contributed by atoms with Crippen LogP contribution in [-0.4, -0.2) is 33.2 Å². The van der Waals surface area contributed by atoms with Crippen LogP contribution in [0.4, 0.5) is 0 Å². The fourth-order valence-corrected chi connectivity index (χ4v) is 2.65. The van der Waals surface area contributed by atoms with Gasteiger partial charge in [0.1, 0.15) is 0 Å². The molecule has 0 amide bonds. The average molecular weight is 322 g/mol. The van der Waals surface area contributed by atoms with Crippen LogP contribution in [0.1, 0.15) is 69.9 Å². The van der Waals surface area contributed by atoms with E-state index in [4.69, 9.17) is 0 Å². The van der Waals surface area contributed by atoms with Gasteiger partial charge in [-0.25, -0.2) is 14.4 Å². The van der Waals surface area contributed by atoms with Crippen LogP contribution in [0.3, 0.4) is 0 Å². The van der Waals surface area contributed by atoms with E-state index in [1.807, 2.05) is 27.7 Å². The van der Waals surface area contributed by atoms with E-state index >= 15 is 0 Å². The van der Waals surface area contributed by atoms with Crippen LogP contribution in [0.25, 0.3) is 0 Å². The molecule has 0 aromatic heterocycles. The molecule has 0 aliphatic carbocycles. The normalized spacial score (nSPS) is 11.0. The minimum absolute atomic E-state index is 0.0359. The Morgan fingerprint density at radius 1 is 0.783 bits per heavy atom. The fraction of sp³-hybridized carbons (Fsp3) is 0.471. The largest absolute Gasteiger partial charge is 0.478 e. The maximum Gasteiger partial charge on any atom is 0.336 e. The van der Waals surface area contributed by atoms with Gasteiger partial charge in [-0.15, -0.1) is 0 Å². The SMILES string of the molecule is CC(C)Cc1c(C(=O)O)cc(C(=O)O)c(CC(C)C)c1C(=O)O. The van der Waals surface area contributed by atoms with Gasteiger partial charge in [0.15, 0.2) is 0 Å². The summed E-state index contributed by atoms with van der Waals surface area (Å²) in [5.41, 5.74) is -0.284. The molecule has 0 fully saturated rings. The molecule has 3 N–H and O–H groups in total. The Bertz CT molecular complexity index is 597. The lowest BCUT2D eigenvalue weighted by Crippen LogP contribution is -2.20. The maximum atomic E-state index is 11.8. The molecule has 1 aromatic carbocycles. The highest BCUT2D eigenvalue weighted by atomic mass is 16.4. The van der Waals surface area contributed by atoms with Crippen LogP contribution in [0.15, 0.2) is 6.07 Å². The Kier molecular flexibility index (Phi) is 5.90. The van der Waals surface area contributed by atoms with Gasteiger partial charge >= 0.3 is 17.9 Å². The van der Waals surface area contributed by atoms with E-state index in [0.29, 0.717) is 0 Å². The molecule has 1 aromatic rings. The monoisotopic (exact) mass is 322 g/mol. The predicted molar refractivity (Wildman–Crippen MR) is 84.4 cm³/mol. The first kappa shape index (κ1) is 18.7. The van der Waals surface area contributed by atoms with E-state index in [0.717, 1.165) is 6.07 Å². The van der Waals surface area contributed by atoms with Crippen LogP contribution in [0, 0.1) is 11.8 Å². The van der Waals surface area contributed by atoms with Crippen molar-refractivity contribution < 1.29 is 29.7 Å². The minimum atomic E-state index is -1.32. The molecule has 0 saturated carbocycles. The number of aromatic carboxylic acids is 3. The Labute approximate surface area is 134 Å². The number of benzene rings is 1. The number of rotatable bonds is 7. The Hall–Kier alpha value is -2.37. The zero-order valence-corrected chi connectivity index (χ0v) is 13.7. The molecular weight excluding hydrogens is 300 g/mol. The Morgan fingerprint density at radius 2 is 1.13 bits per heavy atom. The third-order valence-corrected chi connectivity index (χ3v) is 3.44. The molecule has 0 bridgehead atoms. The van der Waals surface area contributed by atoms with Gasteiger partial charge in [-0.1, -0.05) is 27.7 Å². The molecule has 0 spiro atoms. The first-order valence-electron chi connectivity index (χ1n) is 7.44. The van der Waals surface area contributed by atoms with Crippen molar-refractivity contribution in [1.29, 1.82) is 0 Å². The number of hydrogen-bond acceptors (Lipinski definition) is 3. The molecule has 126 valence electrons. The molecular formula is C17H22O6. The summed E-state index contributed by atoms with van der Waals surface area (Å²) in [6.07, 6.45) is 0.516. The van der Waals surface area contributed by atoms with Gasteiger partial charge in [0.2, 0.25) is 0 Å². The quantitative estimate of drug-likeness (QED) is 0.711. The van der Waals surface area contributed by atoms with Gasteiger partial charge < -0.3 is 15.3 Å². The summed E-state index contributed by atoms with van der Waals surface area (Å²) in [5.74, 6) is -3.85. The van der Waals surface area contributed by atoms with E-state index in [1.54, 1.807) is 0 Å². The molecule has 6 heteroatoms. The number of carboxylic acids is 3. The molecule has 0 radical (unpaired) electrons. The van der Waals surface area contributed by atoms with Gasteiger partial charge in [0.25, 0.3) is 0 Å². The van der Waals surface area contributed by atoms with Crippen molar-refractivity contribution in [3.8, 4) is 0 Å². The lowest BCUT2D eigenvalue weighted by Gasteiger charge is -2.19. The standard InChI is InChI=1S/C17H22O6/c1-8(2)5-10-12(15(18)19)7-13(16(20)21)11(6-9(3)4)14(10)17(22)23/h7-9H,5-6H2,1-4H3,(H,18,19)(H,20,21)(H,22,23). The first-order valence-corrected chi connectivity index (χ1v) is 7.44. The summed E-state index contributed by atoms with van der Waals surface area (Å²) >= 11 is 0. The number of carbonyl (C=O) groups is 3. The Morgan fingerprint density at radius 3 is 1.35 bits per heavy atom. The molecule has 0 unspecified atom stereocenters. The number of hydrogen-bond donors (Lipinski definition) is 3. The van der Waals surface area contributed by atoms with Crippen molar-refractivity contribution in [3.05, 3.63) is 33.9 Å². The molecule has 0 heterocycles. The summed E-state index contributed by atoms with van der Waals surface area (Å²) in [7, 11) is 0. The predicted octanol–water partition coefficient (Wildman–Crippen LogP) is 3.18. The minimum Gasteiger partial charge on any atom is -0.478 e. The van der Waals surface area contributed by atoms with Crippen LogP contribution >= 0.6 is 0 Å². The molecule has 23 heavy (non-hydrogen) atoms. The number of carboxylic acid groups (broad SMARTS) is 3. The lowest BCUT2D eigenvalue weighted by molar-refractivity contribution is 0.0694. The van der Waals surface area contributed by atoms with E-state index in [-0.39, 0.29) is 52.5 Å². The van der Waals surface area contributed by atoms with E-state index in [9.17, 15) is 29.7 Å². The highest BCUT2D eigenvalue weighted by Crippen LogP contribution is 2.29. The van der Waals surface area contributed by atoms with Gasteiger partial charge in [-0.3, -0.25) is 0 Å². The third-order valence-electron chi connectivity index (χ3n) is 3.44. The summed E-state index contributed by atoms with van der Waals surface area (Å²) in [5, 5.41) is 28.4.